The summed E-state index contributed by atoms with van der Waals surface area (Å²) in [5.74, 6) is 0.115. The number of esters is 1. The predicted molar refractivity (Wildman–Crippen MR) is 110 cm³/mol. The highest BCUT2D eigenvalue weighted by Crippen LogP contribution is 2.31. The molecule has 28 heavy (non-hydrogen) atoms. The van der Waals surface area contributed by atoms with Gasteiger partial charge in [0.15, 0.2) is 0 Å². The van der Waals surface area contributed by atoms with Gasteiger partial charge >= 0.3 is 12.0 Å². The molecule has 0 radical (unpaired) electrons. The average molecular weight is 386 g/mol. The fourth-order valence-electron chi connectivity index (χ4n) is 3.98. The Morgan fingerprint density at radius 1 is 1.14 bits per heavy atom. The zero-order chi connectivity index (χ0) is 20.1. The number of urea groups is 1. The van der Waals surface area contributed by atoms with Crippen LogP contribution in [0.2, 0.25) is 0 Å². The van der Waals surface area contributed by atoms with E-state index in [1.165, 1.54) is 19.3 Å². The molecule has 1 aromatic carbocycles. The largest absolute Gasteiger partial charge is 0.462 e. The minimum atomic E-state index is -0.501. The SMILES string of the molecule is CCC1=C(C(=O)OCC2CCCCC2)C(c2ccc(N(C)C)cc2)NC(=O)N1. The Morgan fingerprint density at radius 3 is 2.43 bits per heavy atom. The smallest absolute Gasteiger partial charge is 0.338 e. The number of benzene rings is 1. The van der Waals surface area contributed by atoms with E-state index in [4.69, 9.17) is 4.74 Å². The molecule has 1 heterocycles. The van der Waals surface area contributed by atoms with E-state index in [0.29, 0.717) is 30.2 Å². The highest BCUT2D eigenvalue weighted by Gasteiger charge is 2.33. The van der Waals surface area contributed by atoms with Crippen molar-refractivity contribution in [3.05, 3.63) is 41.1 Å². The van der Waals surface area contributed by atoms with Crippen LogP contribution in [0.5, 0.6) is 0 Å². The number of carbonyl (C=O) groups excluding carboxylic acids is 2. The van der Waals surface area contributed by atoms with Crippen LogP contribution in [0.3, 0.4) is 0 Å². The maximum atomic E-state index is 13.0. The Bertz CT molecular complexity index is 734. The Hall–Kier alpha value is -2.50. The van der Waals surface area contributed by atoms with Crippen LogP contribution in [0.25, 0.3) is 0 Å². The summed E-state index contributed by atoms with van der Waals surface area (Å²) < 4.78 is 5.71. The van der Waals surface area contributed by atoms with Gasteiger partial charge in [0.1, 0.15) is 0 Å². The topological polar surface area (TPSA) is 70.7 Å². The van der Waals surface area contributed by atoms with E-state index < -0.39 is 6.04 Å². The van der Waals surface area contributed by atoms with Gasteiger partial charge in [-0.25, -0.2) is 9.59 Å². The van der Waals surface area contributed by atoms with Gasteiger partial charge in [0.25, 0.3) is 0 Å². The highest BCUT2D eigenvalue weighted by atomic mass is 16.5. The molecule has 1 saturated carbocycles. The summed E-state index contributed by atoms with van der Waals surface area (Å²) >= 11 is 0. The molecule has 2 N–H and O–H groups in total. The van der Waals surface area contributed by atoms with Crippen LogP contribution < -0.4 is 15.5 Å². The number of rotatable bonds is 6. The van der Waals surface area contributed by atoms with Gasteiger partial charge in [0, 0.05) is 25.5 Å². The molecular formula is C22H31N3O3. The Morgan fingerprint density at radius 2 is 1.82 bits per heavy atom. The van der Waals surface area contributed by atoms with Gasteiger partial charge < -0.3 is 20.3 Å². The fraction of sp³-hybridized carbons (Fsp3) is 0.545. The zero-order valence-electron chi connectivity index (χ0n) is 17.1. The molecule has 152 valence electrons. The quantitative estimate of drug-likeness (QED) is 0.729. The molecule has 0 spiro atoms. The summed E-state index contributed by atoms with van der Waals surface area (Å²) in [6, 6.07) is 7.09. The van der Waals surface area contributed by atoms with Crippen molar-refractivity contribution in [1.29, 1.82) is 0 Å². The minimum absolute atomic E-state index is 0.289. The van der Waals surface area contributed by atoms with Crippen molar-refractivity contribution in [2.75, 3.05) is 25.6 Å². The van der Waals surface area contributed by atoms with E-state index in [-0.39, 0.29) is 12.0 Å². The zero-order valence-corrected chi connectivity index (χ0v) is 17.1. The molecule has 2 aliphatic rings. The molecule has 1 aliphatic heterocycles. The lowest BCUT2D eigenvalue weighted by molar-refractivity contribution is -0.141. The van der Waals surface area contributed by atoms with Gasteiger partial charge in [-0.3, -0.25) is 0 Å². The second-order valence-electron chi connectivity index (χ2n) is 7.87. The van der Waals surface area contributed by atoms with Crippen LogP contribution in [0.4, 0.5) is 10.5 Å². The number of amides is 2. The standard InChI is InChI=1S/C22H31N3O3/c1-4-18-19(21(26)28-14-15-8-6-5-7-9-15)20(24-22(27)23-18)16-10-12-17(13-11-16)25(2)3/h10-13,15,20H,4-9,14H2,1-3H3,(H2,23,24,27). The summed E-state index contributed by atoms with van der Waals surface area (Å²) in [5, 5.41) is 5.68. The van der Waals surface area contributed by atoms with Crippen molar-refractivity contribution >= 4 is 17.7 Å². The average Bonchev–Trinajstić information content (AvgIpc) is 2.72. The van der Waals surface area contributed by atoms with Crippen molar-refractivity contribution < 1.29 is 14.3 Å². The first-order chi connectivity index (χ1) is 13.5. The lowest BCUT2D eigenvalue weighted by Crippen LogP contribution is -2.46. The minimum Gasteiger partial charge on any atom is -0.462 e. The van der Waals surface area contributed by atoms with E-state index in [0.717, 1.165) is 24.1 Å². The van der Waals surface area contributed by atoms with E-state index in [2.05, 4.69) is 10.6 Å². The van der Waals surface area contributed by atoms with Gasteiger partial charge in [-0.15, -0.1) is 0 Å². The number of hydrogen-bond donors (Lipinski definition) is 2. The first-order valence-corrected chi connectivity index (χ1v) is 10.2. The van der Waals surface area contributed by atoms with E-state index in [1.54, 1.807) is 0 Å². The molecule has 1 aliphatic carbocycles. The van der Waals surface area contributed by atoms with E-state index >= 15 is 0 Å². The number of carbonyl (C=O) groups is 2. The second-order valence-corrected chi connectivity index (χ2v) is 7.87. The number of ether oxygens (including phenoxy) is 1. The van der Waals surface area contributed by atoms with Crippen LogP contribution in [0, 0.1) is 5.92 Å². The number of hydrogen-bond acceptors (Lipinski definition) is 4. The molecule has 0 aromatic heterocycles. The van der Waals surface area contributed by atoms with Crippen LogP contribution in [0.15, 0.2) is 35.5 Å². The van der Waals surface area contributed by atoms with Gasteiger partial charge in [-0.2, -0.15) is 0 Å². The van der Waals surface area contributed by atoms with Crippen molar-refractivity contribution in [2.45, 2.75) is 51.5 Å². The second kappa shape index (κ2) is 9.13. The molecule has 1 fully saturated rings. The molecule has 0 bridgehead atoms. The molecule has 1 unspecified atom stereocenters. The fourth-order valence-corrected chi connectivity index (χ4v) is 3.98. The van der Waals surface area contributed by atoms with E-state index in [1.807, 2.05) is 50.2 Å². The van der Waals surface area contributed by atoms with Crippen LogP contribution in [0.1, 0.15) is 57.1 Å². The van der Waals surface area contributed by atoms with Gasteiger partial charge in [0.05, 0.1) is 18.2 Å². The monoisotopic (exact) mass is 385 g/mol. The van der Waals surface area contributed by atoms with Crippen LogP contribution in [-0.2, 0) is 9.53 Å². The molecule has 6 nitrogen and oxygen atoms in total. The lowest BCUT2D eigenvalue weighted by atomic mass is 9.90. The third kappa shape index (κ3) is 4.66. The number of nitrogens with one attached hydrogen (secondary N) is 2. The van der Waals surface area contributed by atoms with Crippen molar-refractivity contribution in [3.8, 4) is 0 Å². The predicted octanol–water partition coefficient (Wildman–Crippen LogP) is 3.89. The Labute approximate surface area is 167 Å². The number of nitrogens with zero attached hydrogens (tertiary/aromatic N) is 1. The molecule has 3 rings (SSSR count). The molecule has 2 amide bonds. The Kier molecular flexibility index (Phi) is 6.60. The summed E-state index contributed by atoms with van der Waals surface area (Å²) in [6.07, 6.45) is 6.51. The van der Waals surface area contributed by atoms with Gasteiger partial charge in [-0.05, 0) is 42.9 Å². The third-order valence-electron chi connectivity index (χ3n) is 5.64. The first-order valence-electron chi connectivity index (χ1n) is 10.2. The molecule has 6 heteroatoms. The summed E-state index contributed by atoms with van der Waals surface area (Å²) in [5.41, 5.74) is 3.08. The maximum absolute atomic E-state index is 13.0. The van der Waals surface area contributed by atoms with E-state index in [9.17, 15) is 9.59 Å². The van der Waals surface area contributed by atoms with Crippen LogP contribution >= 0.6 is 0 Å². The third-order valence-corrected chi connectivity index (χ3v) is 5.64. The van der Waals surface area contributed by atoms with Gasteiger partial charge in [-0.1, -0.05) is 38.3 Å². The number of anilines is 1. The summed E-state index contributed by atoms with van der Waals surface area (Å²) in [6.45, 7) is 2.39. The molecule has 1 aromatic rings. The normalized spacial score (nSPS) is 20.4. The number of allylic oxidation sites excluding steroid dienone is 1. The van der Waals surface area contributed by atoms with Crippen LogP contribution in [-0.4, -0.2) is 32.7 Å². The van der Waals surface area contributed by atoms with Crippen molar-refractivity contribution in [2.24, 2.45) is 5.92 Å². The molecule has 0 saturated heterocycles. The lowest BCUT2D eigenvalue weighted by Gasteiger charge is -2.30. The maximum Gasteiger partial charge on any atom is 0.338 e. The van der Waals surface area contributed by atoms with Crippen molar-refractivity contribution in [1.82, 2.24) is 10.6 Å². The Balaban J connectivity index is 1.82. The highest BCUT2D eigenvalue weighted by molar-refractivity contribution is 5.95. The molecular weight excluding hydrogens is 354 g/mol. The van der Waals surface area contributed by atoms with Crippen molar-refractivity contribution in [3.63, 3.8) is 0 Å². The summed E-state index contributed by atoms with van der Waals surface area (Å²) in [4.78, 5) is 27.2. The molecule has 1 atom stereocenters. The van der Waals surface area contributed by atoms with Gasteiger partial charge in [0.2, 0.25) is 0 Å². The first kappa shape index (κ1) is 20.2. The summed E-state index contributed by atoms with van der Waals surface area (Å²) in [7, 11) is 3.95.